The lowest BCUT2D eigenvalue weighted by atomic mass is 9.53. The molecule has 4 saturated carbocycles. The number of aromatic nitrogens is 1. The highest BCUT2D eigenvalue weighted by Crippen LogP contribution is 2.56. The number of hydrogen-bond acceptors (Lipinski definition) is 2. The van der Waals surface area contributed by atoms with Gasteiger partial charge < -0.3 is 5.32 Å². The highest BCUT2D eigenvalue weighted by atomic mass is 16.2. The maximum atomic E-state index is 12.3. The van der Waals surface area contributed by atoms with Gasteiger partial charge in [0.25, 0.3) is 5.91 Å². The van der Waals surface area contributed by atoms with Crippen molar-refractivity contribution in [1.82, 2.24) is 10.3 Å². The predicted molar refractivity (Wildman–Crippen MR) is 72.4 cm³/mol. The Hall–Kier alpha value is -1.38. The fourth-order valence-electron chi connectivity index (χ4n) is 4.75. The maximum absolute atomic E-state index is 12.3. The quantitative estimate of drug-likeness (QED) is 0.883. The van der Waals surface area contributed by atoms with E-state index in [1.807, 2.05) is 12.1 Å². The smallest absolute Gasteiger partial charge is 0.270 e. The first-order valence-electron chi connectivity index (χ1n) is 7.30. The van der Waals surface area contributed by atoms with Gasteiger partial charge in [-0.2, -0.15) is 0 Å². The lowest BCUT2D eigenvalue weighted by Crippen LogP contribution is -2.59. The van der Waals surface area contributed by atoms with E-state index in [4.69, 9.17) is 0 Å². The molecule has 1 heterocycles. The summed E-state index contributed by atoms with van der Waals surface area (Å²) in [6, 6.07) is 5.51. The number of carbonyl (C=O) groups is 1. The number of nitrogens with zero attached hydrogens (tertiary/aromatic N) is 1. The van der Waals surface area contributed by atoms with Crippen molar-refractivity contribution in [2.45, 2.75) is 44.1 Å². The first kappa shape index (κ1) is 11.4. The SMILES string of the molecule is O=C(NC12C[C]3CC(CC(C3)C1)C2)c1ccccn1. The molecule has 1 aromatic rings. The molecule has 3 nitrogen and oxygen atoms in total. The zero-order valence-electron chi connectivity index (χ0n) is 11.1. The van der Waals surface area contributed by atoms with Crippen LogP contribution in [0.25, 0.3) is 0 Å². The number of amides is 1. The van der Waals surface area contributed by atoms with E-state index in [-0.39, 0.29) is 11.4 Å². The Morgan fingerprint density at radius 3 is 2.68 bits per heavy atom. The van der Waals surface area contributed by atoms with Gasteiger partial charge in [0.1, 0.15) is 5.69 Å². The van der Waals surface area contributed by atoms with Crippen LogP contribution in [0, 0.1) is 17.8 Å². The van der Waals surface area contributed by atoms with Crippen LogP contribution in [0.5, 0.6) is 0 Å². The van der Waals surface area contributed by atoms with Gasteiger partial charge in [-0.25, -0.2) is 0 Å². The predicted octanol–water partition coefficient (Wildman–Crippen LogP) is 2.74. The van der Waals surface area contributed by atoms with E-state index in [9.17, 15) is 4.79 Å². The minimum absolute atomic E-state index is 0.00292. The van der Waals surface area contributed by atoms with E-state index in [0.717, 1.165) is 18.3 Å². The summed E-state index contributed by atoms with van der Waals surface area (Å²) in [4.78, 5) is 16.5. The molecule has 4 aliphatic carbocycles. The molecule has 4 bridgehead atoms. The minimum Gasteiger partial charge on any atom is -0.345 e. The zero-order chi connectivity index (χ0) is 12.9. The lowest BCUT2D eigenvalue weighted by Gasteiger charge is -2.56. The highest BCUT2D eigenvalue weighted by Gasteiger charge is 2.51. The maximum Gasteiger partial charge on any atom is 0.270 e. The summed E-state index contributed by atoms with van der Waals surface area (Å²) in [6.45, 7) is 0. The van der Waals surface area contributed by atoms with Gasteiger partial charge in [0.05, 0.1) is 0 Å². The van der Waals surface area contributed by atoms with E-state index < -0.39 is 0 Å². The van der Waals surface area contributed by atoms with Crippen molar-refractivity contribution in [3.05, 3.63) is 36.0 Å². The van der Waals surface area contributed by atoms with Crippen molar-refractivity contribution in [3.63, 3.8) is 0 Å². The van der Waals surface area contributed by atoms with Gasteiger partial charge in [0.2, 0.25) is 0 Å². The van der Waals surface area contributed by atoms with Gasteiger partial charge in [-0.1, -0.05) is 6.07 Å². The Morgan fingerprint density at radius 1 is 1.26 bits per heavy atom. The monoisotopic (exact) mass is 255 g/mol. The molecule has 1 N–H and O–H groups in total. The van der Waals surface area contributed by atoms with Crippen LogP contribution in [0.2, 0.25) is 0 Å². The Labute approximate surface area is 113 Å². The van der Waals surface area contributed by atoms with Crippen LogP contribution < -0.4 is 5.32 Å². The van der Waals surface area contributed by atoms with Crippen LogP contribution in [0.15, 0.2) is 24.4 Å². The van der Waals surface area contributed by atoms with Crippen molar-refractivity contribution >= 4 is 5.91 Å². The third kappa shape index (κ3) is 1.96. The minimum atomic E-state index is 0.00292. The molecular weight excluding hydrogens is 236 g/mol. The molecule has 4 fully saturated rings. The second-order valence-electron chi connectivity index (χ2n) is 6.66. The van der Waals surface area contributed by atoms with Crippen molar-refractivity contribution < 1.29 is 4.79 Å². The van der Waals surface area contributed by atoms with Crippen LogP contribution in [0.3, 0.4) is 0 Å². The summed E-state index contributed by atoms with van der Waals surface area (Å²) in [7, 11) is 0. The molecule has 99 valence electrons. The Bertz CT molecular complexity index is 461. The fourth-order valence-corrected chi connectivity index (χ4v) is 4.75. The Balaban J connectivity index is 1.55. The second-order valence-corrected chi connectivity index (χ2v) is 6.66. The van der Waals surface area contributed by atoms with E-state index in [1.165, 1.54) is 32.1 Å². The van der Waals surface area contributed by atoms with Crippen LogP contribution in [-0.2, 0) is 0 Å². The first-order valence-corrected chi connectivity index (χ1v) is 7.30. The standard InChI is InChI=1S/C16H19N2O/c19-15(14-3-1-2-4-17-14)18-16-8-11-5-12(9-16)7-13(6-11)10-16/h1-4,11-12H,5-10H2,(H,18,19). The Kier molecular flexibility index (Phi) is 2.44. The van der Waals surface area contributed by atoms with Gasteiger partial charge in [0.15, 0.2) is 0 Å². The molecule has 4 aliphatic rings. The summed E-state index contributed by atoms with van der Waals surface area (Å²) in [5.41, 5.74) is 0.594. The van der Waals surface area contributed by atoms with E-state index in [1.54, 1.807) is 18.2 Å². The molecule has 19 heavy (non-hydrogen) atoms. The lowest BCUT2D eigenvalue weighted by molar-refractivity contribution is 0.0377. The molecule has 3 heteroatoms. The molecule has 2 atom stereocenters. The van der Waals surface area contributed by atoms with Gasteiger partial charge in [-0.3, -0.25) is 9.78 Å². The Morgan fingerprint density at radius 2 is 2.05 bits per heavy atom. The molecule has 5 rings (SSSR count). The van der Waals surface area contributed by atoms with Crippen molar-refractivity contribution in [2.24, 2.45) is 11.8 Å². The van der Waals surface area contributed by atoms with E-state index >= 15 is 0 Å². The second kappa shape index (κ2) is 4.06. The fraction of sp³-hybridized carbons (Fsp3) is 0.562. The molecule has 1 aromatic heterocycles. The van der Waals surface area contributed by atoms with Crippen LogP contribution in [-0.4, -0.2) is 16.4 Å². The van der Waals surface area contributed by atoms with Crippen molar-refractivity contribution in [2.75, 3.05) is 0 Å². The van der Waals surface area contributed by atoms with Gasteiger partial charge in [-0.05, 0) is 68.4 Å². The molecular formula is C16H19N2O. The van der Waals surface area contributed by atoms with Crippen LogP contribution in [0.1, 0.15) is 49.0 Å². The average Bonchev–Trinajstić information content (AvgIpc) is 2.37. The third-order valence-corrected chi connectivity index (χ3v) is 5.04. The summed E-state index contributed by atoms with van der Waals surface area (Å²) in [5, 5.41) is 3.32. The molecule has 1 radical (unpaired) electrons. The number of carbonyl (C=O) groups excluding carboxylic acids is 1. The normalized spacial score (nSPS) is 36.4. The summed E-state index contributed by atoms with van der Waals surface area (Å²) < 4.78 is 0. The topological polar surface area (TPSA) is 42.0 Å². The van der Waals surface area contributed by atoms with Gasteiger partial charge in [0, 0.05) is 11.7 Å². The average molecular weight is 255 g/mol. The molecule has 0 saturated heterocycles. The summed E-state index contributed by atoms with van der Waals surface area (Å²) in [5.74, 6) is 3.34. The molecule has 0 spiro atoms. The first-order chi connectivity index (χ1) is 9.22. The number of nitrogens with one attached hydrogen (secondary N) is 1. The van der Waals surface area contributed by atoms with Crippen molar-refractivity contribution in [1.29, 1.82) is 0 Å². The number of rotatable bonds is 2. The van der Waals surface area contributed by atoms with Gasteiger partial charge in [-0.15, -0.1) is 0 Å². The third-order valence-electron chi connectivity index (χ3n) is 5.04. The summed E-state index contributed by atoms with van der Waals surface area (Å²) in [6.07, 6.45) is 9.15. The molecule has 2 unspecified atom stereocenters. The van der Waals surface area contributed by atoms with Crippen LogP contribution >= 0.6 is 0 Å². The molecule has 1 amide bonds. The number of hydrogen-bond donors (Lipinski definition) is 1. The highest BCUT2D eigenvalue weighted by molar-refractivity contribution is 5.92. The summed E-state index contributed by atoms with van der Waals surface area (Å²) >= 11 is 0. The van der Waals surface area contributed by atoms with E-state index in [0.29, 0.717) is 5.69 Å². The van der Waals surface area contributed by atoms with Crippen LogP contribution in [0.4, 0.5) is 0 Å². The zero-order valence-corrected chi connectivity index (χ0v) is 11.1. The van der Waals surface area contributed by atoms with Crippen molar-refractivity contribution in [3.8, 4) is 0 Å². The van der Waals surface area contributed by atoms with E-state index in [2.05, 4.69) is 10.3 Å². The van der Waals surface area contributed by atoms with Gasteiger partial charge >= 0.3 is 0 Å². The molecule has 0 aliphatic heterocycles. The number of pyridine rings is 1. The molecule has 0 aromatic carbocycles. The largest absolute Gasteiger partial charge is 0.345 e.